The quantitative estimate of drug-likeness (QED) is 0.233. The number of carbonyl (C=O) groups excluding carboxylic acids is 1. The van der Waals surface area contributed by atoms with Gasteiger partial charge in [0.05, 0.1) is 23.2 Å². The molecule has 33 heavy (non-hydrogen) atoms. The summed E-state index contributed by atoms with van der Waals surface area (Å²) in [5, 5.41) is 4.34. The van der Waals surface area contributed by atoms with E-state index in [1.54, 1.807) is 54.7 Å². The summed E-state index contributed by atoms with van der Waals surface area (Å²) in [7, 11) is 0. The first-order chi connectivity index (χ1) is 16.0. The van der Waals surface area contributed by atoms with E-state index >= 15 is 0 Å². The van der Waals surface area contributed by atoms with E-state index in [1.807, 2.05) is 19.1 Å². The number of aryl methyl sites for hydroxylation is 1. The second kappa shape index (κ2) is 10.5. The molecule has 9 heteroatoms. The van der Waals surface area contributed by atoms with Crippen molar-refractivity contribution in [1.82, 2.24) is 19.9 Å². The molecule has 2 heterocycles. The van der Waals surface area contributed by atoms with Gasteiger partial charge in [0.25, 0.3) is 5.56 Å². The van der Waals surface area contributed by atoms with Crippen molar-refractivity contribution >= 4 is 40.2 Å². The first kappa shape index (κ1) is 22.8. The highest BCUT2D eigenvalue weighted by Crippen LogP contribution is 2.20. The summed E-state index contributed by atoms with van der Waals surface area (Å²) < 4.78 is 7.03. The second-order valence-corrected chi connectivity index (χ2v) is 8.57. The zero-order valence-corrected chi connectivity index (χ0v) is 19.4. The summed E-state index contributed by atoms with van der Waals surface area (Å²) in [5.74, 6) is 1.05. The van der Waals surface area contributed by atoms with Crippen molar-refractivity contribution in [3.05, 3.63) is 87.8 Å². The van der Waals surface area contributed by atoms with Crippen LogP contribution in [0.4, 0.5) is 0 Å². The topological polar surface area (TPSA) is 86.1 Å². The number of carbonyl (C=O) groups is 1. The molecule has 0 atom stereocenters. The molecule has 1 N–H and O–H groups in total. The van der Waals surface area contributed by atoms with Crippen LogP contribution in [-0.2, 0) is 4.79 Å². The molecule has 4 aromatic rings. The Morgan fingerprint density at radius 2 is 1.91 bits per heavy atom. The SMILES string of the molecule is Cc1ccc(-n2c(SCC(=O)NCCOc3ccc(Cl)cc3)nc3ccccc3c2=O)nc1. The monoisotopic (exact) mass is 480 g/mol. The number of rotatable bonds is 8. The Balaban J connectivity index is 1.44. The maximum Gasteiger partial charge on any atom is 0.267 e. The van der Waals surface area contributed by atoms with Gasteiger partial charge >= 0.3 is 0 Å². The van der Waals surface area contributed by atoms with E-state index in [2.05, 4.69) is 15.3 Å². The predicted octanol–water partition coefficient (Wildman–Crippen LogP) is 4.03. The van der Waals surface area contributed by atoms with E-state index in [4.69, 9.17) is 16.3 Å². The van der Waals surface area contributed by atoms with Crippen LogP contribution < -0.4 is 15.6 Å². The van der Waals surface area contributed by atoms with Gasteiger partial charge in [-0.15, -0.1) is 0 Å². The number of ether oxygens (including phenoxy) is 1. The smallest absolute Gasteiger partial charge is 0.267 e. The maximum absolute atomic E-state index is 13.2. The lowest BCUT2D eigenvalue weighted by Gasteiger charge is -2.13. The minimum Gasteiger partial charge on any atom is -0.492 e. The number of benzene rings is 2. The molecular formula is C24H21ClN4O3S. The van der Waals surface area contributed by atoms with Crippen LogP contribution in [0.15, 0.2) is 76.8 Å². The number of hydrogen-bond acceptors (Lipinski definition) is 6. The van der Waals surface area contributed by atoms with E-state index in [0.29, 0.717) is 45.8 Å². The summed E-state index contributed by atoms with van der Waals surface area (Å²) >= 11 is 7.04. The number of pyridine rings is 1. The van der Waals surface area contributed by atoms with Crippen molar-refractivity contribution in [2.24, 2.45) is 0 Å². The minimum atomic E-state index is -0.226. The minimum absolute atomic E-state index is 0.0948. The van der Waals surface area contributed by atoms with E-state index in [1.165, 1.54) is 16.3 Å². The molecule has 1 amide bonds. The third kappa shape index (κ3) is 5.71. The van der Waals surface area contributed by atoms with Gasteiger partial charge in [-0.3, -0.25) is 9.59 Å². The third-order valence-corrected chi connectivity index (χ3v) is 5.90. The van der Waals surface area contributed by atoms with Crippen LogP contribution >= 0.6 is 23.4 Å². The molecule has 0 aliphatic heterocycles. The lowest BCUT2D eigenvalue weighted by molar-refractivity contribution is -0.118. The Labute approximate surface area is 199 Å². The molecule has 2 aromatic heterocycles. The van der Waals surface area contributed by atoms with Crippen LogP contribution in [-0.4, -0.2) is 39.3 Å². The fourth-order valence-corrected chi connectivity index (χ4v) is 4.03. The van der Waals surface area contributed by atoms with Gasteiger partial charge in [-0.25, -0.2) is 14.5 Å². The fourth-order valence-electron chi connectivity index (χ4n) is 3.07. The zero-order valence-electron chi connectivity index (χ0n) is 17.8. The molecule has 0 spiro atoms. The van der Waals surface area contributed by atoms with Gasteiger partial charge in [0.1, 0.15) is 18.2 Å². The van der Waals surface area contributed by atoms with Gasteiger partial charge in [0.15, 0.2) is 5.16 Å². The number of thioether (sulfide) groups is 1. The second-order valence-electron chi connectivity index (χ2n) is 7.19. The highest BCUT2D eigenvalue weighted by atomic mass is 35.5. The summed E-state index contributed by atoms with van der Waals surface area (Å²) in [6.07, 6.45) is 1.69. The van der Waals surface area contributed by atoms with Crippen molar-refractivity contribution < 1.29 is 9.53 Å². The average Bonchev–Trinajstić information content (AvgIpc) is 2.82. The van der Waals surface area contributed by atoms with Crippen LogP contribution in [0.1, 0.15) is 5.56 Å². The largest absolute Gasteiger partial charge is 0.492 e. The Kier molecular flexibility index (Phi) is 7.26. The highest BCUT2D eigenvalue weighted by Gasteiger charge is 2.15. The molecule has 0 unspecified atom stereocenters. The molecular weight excluding hydrogens is 460 g/mol. The molecule has 0 saturated carbocycles. The van der Waals surface area contributed by atoms with Crippen molar-refractivity contribution in [3.8, 4) is 11.6 Å². The van der Waals surface area contributed by atoms with Crippen LogP contribution in [0.3, 0.4) is 0 Å². The molecule has 0 aliphatic carbocycles. The molecule has 168 valence electrons. The Morgan fingerprint density at radius 3 is 2.67 bits per heavy atom. The molecule has 0 bridgehead atoms. The number of amides is 1. The number of aromatic nitrogens is 3. The molecule has 0 radical (unpaired) electrons. The zero-order chi connectivity index (χ0) is 23.2. The van der Waals surface area contributed by atoms with Gasteiger partial charge in [0, 0.05) is 11.2 Å². The van der Waals surface area contributed by atoms with E-state index in [9.17, 15) is 9.59 Å². The lowest BCUT2D eigenvalue weighted by Crippen LogP contribution is -2.30. The molecule has 0 fully saturated rings. The summed E-state index contributed by atoms with van der Waals surface area (Å²) in [5.41, 5.74) is 1.33. The Bertz CT molecular complexity index is 1320. The lowest BCUT2D eigenvalue weighted by atomic mass is 10.2. The standard InChI is InChI=1S/C24H21ClN4O3S/c1-16-6-11-21(27-14-16)29-23(31)19-4-2-3-5-20(19)28-24(29)33-15-22(30)26-12-13-32-18-9-7-17(25)8-10-18/h2-11,14H,12-13,15H2,1H3,(H,26,30). The Morgan fingerprint density at radius 1 is 1.12 bits per heavy atom. The van der Waals surface area contributed by atoms with Crippen molar-refractivity contribution in [2.75, 3.05) is 18.9 Å². The first-order valence-corrected chi connectivity index (χ1v) is 11.6. The van der Waals surface area contributed by atoms with Gasteiger partial charge in [-0.1, -0.05) is 41.6 Å². The Hall–Kier alpha value is -3.36. The van der Waals surface area contributed by atoms with Gasteiger partial charge < -0.3 is 10.1 Å². The van der Waals surface area contributed by atoms with Crippen molar-refractivity contribution in [3.63, 3.8) is 0 Å². The van der Waals surface area contributed by atoms with Gasteiger partial charge in [-0.05, 0) is 55.0 Å². The van der Waals surface area contributed by atoms with Crippen LogP contribution in [0, 0.1) is 6.92 Å². The molecule has 7 nitrogen and oxygen atoms in total. The van der Waals surface area contributed by atoms with Crippen molar-refractivity contribution in [1.29, 1.82) is 0 Å². The summed E-state index contributed by atoms with van der Waals surface area (Å²) in [6.45, 7) is 2.60. The molecule has 4 rings (SSSR count). The highest BCUT2D eigenvalue weighted by molar-refractivity contribution is 7.99. The van der Waals surface area contributed by atoms with Crippen LogP contribution in [0.2, 0.25) is 5.02 Å². The number of nitrogens with one attached hydrogen (secondary N) is 1. The van der Waals surface area contributed by atoms with Crippen molar-refractivity contribution in [2.45, 2.75) is 12.1 Å². The predicted molar refractivity (Wildman–Crippen MR) is 131 cm³/mol. The fraction of sp³-hybridized carbons (Fsp3) is 0.167. The third-order valence-electron chi connectivity index (χ3n) is 4.71. The molecule has 0 aliphatic rings. The number of halogens is 1. The average molecular weight is 481 g/mol. The molecule has 2 aromatic carbocycles. The number of fused-ring (bicyclic) bond motifs is 1. The van der Waals surface area contributed by atoms with Crippen LogP contribution in [0.25, 0.3) is 16.7 Å². The first-order valence-electron chi connectivity index (χ1n) is 10.2. The van der Waals surface area contributed by atoms with Crippen LogP contribution in [0.5, 0.6) is 5.75 Å². The maximum atomic E-state index is 13.2. The van der Waals surface area contributed by atoms with E-state index in [0.717, 1.165) is 5.56 Å². The van der Waals surface area contributed by atoms with Gasteiger partial charge in [-0.2, -0.15) is 0 Å². The number of nitrogens with zero attached hydrogens (tertiary/aromatic N) is 3. The molecule has 0 saturated heterocycles. The van der Waals surface area contributed by atoms with E-state index < -0.39 is 0 Å². The van der Waals surface area contributed by atoms with E-state index in [-0.39, 0.29) is 17.2 Å². The number of para-hydroxylation sites is 1. The number of hydrogen-bond donors (Lipinski definition) is 1. The van der Waals surface area contributed by atoms with Gasteiger partial charge in [0.2, 0.25) is 5.91 Å². The normalized spacial score (nSPS) is 10.8. The summed E-state index contributed by atoms with van der Waals surface area (Å²) in [4.78, 5) is 34.6. The summed E-state index contributed by atoms with van der Waals surface area (Å²) in [6, 6.07) is 17.8.